The number of nitrogens with one attached hydrogen (secondary N) is 2. The highest BCUT2D eigenvalue weighted by molar-refractivity contribution is 9.26. The zero-order valence-corrected chi connectivity index (χ0v) is 25.5. The van der Waals surface area contributed by atoms with Crippen molar-refractivity contribution < 1.29 is 9.59 Å². The van der Waals surface area contributed by atoms with E-state index in [-0.39, 0.29) is 11.6 Å². The fraction of sp³-hybridized carbons (Fsp3) is 0.375. The van der Waals surface area contributed by atoms with Crippen LogP contribution in [0.5, 0.6) is 0 Å². The van der Waals surface area contributed by atoms with E-state index in [9.17, 15) is 9.59 Å². The molecule has 0 aliphatic heterocycles. The van der Waals surface area contributed by atoms with Gasteiger partial charge in [-0.1, -0.05) is 96.0 Å². The SMILES string of the molecule is CC(C)CCc1[nH]c2ccccc2c1C1=CC(=O)C(c2c(CCC(C)C)[nH]c3ccccc23)C(Br)(Br)C1=O. The number of Topliss-reactive ketones (excluding diaryl/α,β-unsaturated/α-hetero) is 1. The normalized spacial score (nSPS) is 17.8. The number of benzene rings is 2. The van der Waals surface area contributed by atoms with Gasteiger partial charge in [0.15, 0.2) is 14.8 Å². The van der Waals surface area contributed by atoms with Crippen molar-refractivity contribution in [3.8, 4) is 0 Å². The summed E-state index contributed by atoms with van der Waals surface area (Å²) >= 11 is 7.49. The molecule has 0 radical (unpaired) electrons. The lowest BCUT2D eigenvalue weighted by Gasteiger charge is -2.33. The van der Waals surface area contributed by atoms with Crippen LogP contribution in [0, 0.1) is 11.8 Å². The Morgan fingerprint density at radius 2 is 1.32 bits per heavy atom. The quantitative estimate of drug-likeness (QED) is 0.190. The lowest BCUT2D eigenvalue weighted by molar-refractivity contribution is -0.121. The second-order valence-electron chi connectivity index (χ2n) is 11.3. The van der Waals surface area contributed by atoms with Gasteiger partial charge in [-0.3, -0.25) is 9.59 Å². The van der Waals surface area contributed by atoms with Gasteiger partial charge in [-0.15, -0.1) is 0 Å². The van der Waals surface area contributed by atoms with Crippen LogP contribution in [0.2, 0.25) is 0 Å². The molecule has 0 amide bonds. The maximum Gasteiger partial charge on any atom is 0.192 e. The average Bonchev–Trinajstić information content (AvgIpc) is 3.42. The number of H-pyrrole nitrogens is 2. The Hall–Kier alpha value is -2.44. The standard InChI is InChI=1S/C32H34Br2N2O2/c1-18(2)13-15-25-28(20-9-5-7-11-23(20)35-25)22-17-27(37)30(32(33,34)31(22)38)29-21-10-6-8-12-24(21)36-26(29)16-14-19(3)4/h5-12,17-19,30,35-36H,13-16H2,1-4H3. The second kappa shape index (κ2) is 10.6. The van der Waals surface area contributed by atoms with Crippen molar-refractivity contribution in [1.29, 1.82) is 0 Å². The molecule has 1 aliphatic rings. The van der Waals surface area contributed by atoms with E-state index in [0.29, 0.717) is 17.4 Å². The van der Waals surface area contributed by atoms with Crippen molar-refractivity contribution in [3.63, 3.8) is 0 Å². The van der Waals surface area contributed by atoms with Gasteiger partial charge in [0.25, 0.3) is 0 Å². The second-order valence-corrected chi connectivity index (χ2v) is 14.9. The summed E-state index contributed by atoms with van der Waals surface area (Å²) in [6.07, 6.45) is 5.19. The summed E-state index contributed by atoms with van der Waals surface area (Å²) in [5.74, 6) is 0.144. The minimum Gasteiger partial charge on any atom is -0.358 e. The number of hydrogen-bond donors (Lipinski definition) is 2. The van der Waals surface area contributed by atoms with E-state index in [2.05, 4.69) is 69.5 Å². The molecule has 4 nitrogen and oxygen atoms in total. The van der Waals surface area contributed by atoms with E-state index < -0.39 is 9.15 Å². The minimum absolute atomic E-state index is 0.0796. The Kier molecular flexibility index (Phi) is 7.58. The molecule has 6 heteroatoms. The van der Waals surface area contributed by atoms with Gasteiger partial charge in [0, 0.05) is 44.3 Å². The molecular formula is C32H34Br2N2O2. The molecule has 0 fully saturated rings. The lowest BCUT2D eigenvalue weighted by Crippen LogP contribution is -2.41. The molecule has 1 aliphatic carbocycles. The minimum atomic E-state index is -1.26. The molecule has 0 bridgehead atoms. The largest absolute Gasteiger partial charge is 0.358 e. The first kappa shape index (κ1) is 27.1. The topological polar surface area (TPSA) is 65.7 Å². The number of rotatable bonds is 8. The molecule has 198 valence electrons. The zero-order valence-electron chi connectivity index (χ0n) is 22.3. The highest BCUT2D eigenvalue weighted by Crippen LogP contribution is 2.52. The highest BCUT2D eigenvalue weighted by Gasteiger charge is 2.52. The summed E-state index contributed by atoms with van der Waals surface area (Å²) in [6.45, 7) is 8.79. The van der Waals surface area contributed by atoms with E-state index in [4.69, 9.17) is 0 Å². The molecule has 2 N–H and O–H groups in total. The zero-order chi connectivity index (χ0) is 27.2. The summed E-state index contributed by atoms with van der Waals surface area (Å²) in [6, 6.07) is 16.1. The lowest BCUT2D eigenvalue weighted by atomic mass is 9.78. The number of halogens is 2. The summed E-state index contributed by atoms with van der Waals surface area (Å²) in [5.41, 5.74) is 6.20. The first-order chi connectivity index (χ1) is 18.1. The molecule has 2 heterocycles. The van der Waals surface area contributed by atoms with Gasteiger partial charge >= 0.3 is 0 Å². The van der Waals surface area contributed by atoms with Crippen LogP contribution in [-0.4, -0.2) is 24.8 Å². The van der Waals surface area contributed by atoms with Crippen LogP contribution in [0.15, 0.2) is 54.6 Å². The van der Waals surface area contributed by atoms with Gasteiger partial charge in [0.2, 0.25) is 0 Å². The number of hydrogen-bond acceptors (Lipinski definition) is 2. The van der Waals surface area contributed by atoms with Gasteiger partial charge in [0.1, 0.15) is 0 Å². The maximum atomic E-state index is 14.3. The molecule has 0 spiro atoms. The number of aryl methyl sites for hydroxylation is 2. The van der Waals surface area contributed by atoms with Crippen LogP contribution in [0.4, 0.5) is 0 Å². The van der Waals surface area contributed by atoms with E-state index in [0.717, 1.165) is 70.0 Å². The molecule has 0 saturated carbocycles. The van der Waals surface area contributed by atoms with Gasteiger partial charge < -0.3 is 9.97 Å². The first-order valence-corrected chi connectivity index (χ1v) is 15.1. The van der Waals surface area contributed by atoms with E-state index in [1.54, 1.807) is 6.08 Å². The summed E-state index contributed by atoms with van der Waals surface area (Å²) in [5, 5.41) is 1.96. The van der Waals surface area contributed by atoms with Gasteiger partial charge in [-0.05, 0) is 61.3 Å². The number of carbonyl (C=O) groups is 2. The van der Waals surface area contributed by atoms with Crippen molar-refractivity contribution in [1.82, 2.24) is 9.97 Å². The third kappa shape index (κ3) is 4.86. The number of fused-ring (bicyclic) bond motifs is 2. The number of alkyl halides is 2. The number of carbonyl (C=O) groups excluding carboxylic acids is 2. The van der Waals surface area contributed by atoms with E-state index in [1.165, 1.54) is 0 Å². The van der Waals surface area contributed by atoms with Crippen LogP contribution in [0.1, 0.15) is 69.0 Å². The van der Waals surface area contributed by atoms with Gasteiger partial charge in [0.05, 0.1) is 5.92 Å². The smallest absolute Gasteiger partial charge is 0.192 e. The molecule has 1 atom stereocenters. The maximum absolute atomic E-state index is 14.3. The first-order valence-electron chi connectivity index (χ1n) is 13.5. The Balaban J connectivity index is 1.66. The van der Waals surface area contributed by atoms with Crippen LogP contribution in [0.3, 0.4) is 0 Å². The number of aromatic amines is 2. The monoisotopic (exact) mass is 636 g/mol. The van der Waals surface area contributed by atoms with Crippen LogP contribution < -0.4 is 0 Å². The van der Waals surface area contributed by atoms with Gasteiger partial charge in [-0.2, -0.15) is 0 Å². The highest BCUT2D eigenvalue weighted by atomic mass is 79.9. The summed E-state index contributed by atoms with van der Waals surface area (Å²) < 4.78 is -1.26. The summed E-state index contributed by atoms with van der Waals surface area (Å²) in [7, 11) is 0. The third-order valence-electron chi connectivity index (χ3n) is 7.59. The van der Waals surface area contributed by atoms with E-state index >= 15 is 0 Å². The number of ketones is 2. The van der Waals surface area contributed by atoms with Crippen molar-refractivity contribution in [2.45, 2.75) is 62.5 Å². The molecule has 0 saturated heterocycles. The molecule has 38 heavy (non-hydrogen) atoms. The van der Waals surface area contributed by atoms with Gasteiger partial charge in [-0.25, -0.2) is 0 Å². The van der Waals surface area contributed by atoms with Crippen LogP contribution in [-0.2, 0) is 22.4 Å². The fourth-order valence-corrected chi connectivity index (χ4v) is 6.93. The van der Waals surface area contributed by atoms with Crippen LogP contribution in [0.25, 0.3) is 27.4 Å². The van der Waals surface area contributed by atoms with Crippen molar-refractivity contribution >= 4 is 70.8 Å². The third-order valence-corrected chi connectivity index (χ3v) is 9.23. The summed E-state index contributed by atoms with van der Waals surface area (Å²) in [4.78, 5) is 35.5. The van der Waals surface area contributed by atoms with Crippen molar-refractivity contribution in [2.75, 3.05) is 0 Å². The molecule has 5 rings (SSSR count). The van der Waals surface area contributed by atoms with Crippen molar-refractivity contribution in [3.05, 3.63) is 77.1 Å². The number of allylic oxidation sites excluding steroid dienone is 2. The number of aromatic nitrogens is 2. The predicted octanol–water partition coefficient (Wildman–Crippen LogP) is 8.63. The molecule has 4 aromatic rings. The molecule has 1 unspecified atom stereocenters. The molecule has 2 aromatic carbocycles. The Labute approximate surface area is 240 Å². The predicted molar refractivity (Wildman–Crippen MR) is 164 cm³/mol. The molecule has 2 aromatic heterocycles. The Morgan fingerprint density at radius 1 is 0.789 bits per heavy atom. The van der Waals surface area contributed by atoms with E-state index in [1.807, 2.05) is 48.5 Å². The molecular weight excluding hydrogens is 604 g/mol. The van der Waals surface area contributed by atoms with Crippen LogP contribution >= 0.6 is 31.9 Å². The Bertz CT molecular complexity index is 1550. The average molecular weight is 638 g/mol. The fourth-order valence-electron chi connectivity index (χ4n) is 5.59. The Morgan fingerprint density at radius 3 is 1.95 bits per heavy atom. The van der Waals surface area contributed by atoms with Crippen molar-refractivity contribution in [2.24, 2.45) is 11.8 Å². The number of para-hydroxylation sites is 2.